The van der Waals surface area contributed by atoms with Gasteiger partial charge in [0.1, 0.15) is 5.82 Å². The molecule has 0 bridgehead atoms. The molecule has 0 amide bonds. The first-order valence-electron chi connectivity index (χ1n) is 8.97. The highest BCUT2D eigenvalue weighted by atomic mass is 32.1. The molecule has 148 valence electrons. The van der Waals surface area contributed by atoms with Gasteiger partial charge >= 0.3 is 5.97 Å². The topological polar surface area (TPSA) is 60.7 Å². The molecule has 4 rings (SSSR count). The fourth-order valence-electron chi connectivity index (χ4n) is 3.26. The van der Waals surface area contributed by atoms with Gasteiger partial charge in [-0.3, -0.25) is 9.36 Å². The van der Waals surface area contributed by atoms with Crippen molar-refractivity contribution in [3.8, 4) is 0 Å². The van der Waals surface area contributed by atoms with Crippen LogP contribution >= 0.6 is 22.7 Å². The number of rotatable bonds is 4. The van der Waals surface area contributed by atoms with Gasteiger partial charge in [-0.25, -0.2) is 14.2 Å². The molecule has 3 heterocycles. The van der Waals surface area contributed by atoms with Gasteiger partial charge < -0.3 is 4.74 Å². The van der Waals surface area contributed by atoms with Gasteiger partial charge in [0.2, 0.25) is 0 Å². The van der Waals surface area contributed by atoms with Crippen molar-refractivity contribution in [1.29, 1.82) is 0 Å². The highest BCUT2D eigenvalue weighted by molar-refractivity contribution is 7.08. The summed E-state index contributed by atoms with van der Waals surface area (Å²) in [6.45, 7) is 3.64. The van der Waals surface area contributed by atoms with Crippen LogP contribution < -0.4 is 14.9 Å². The van der Waals surface area contributed by atoms with E-state index in [1.807, 2.05) is 22.9 Å². The molecule has 2 aromatic heterocycles. The van der Waals surface area contributed by atoms with Gasteiger partial charge in [-0.2, -0.15) is 11.3 Å². The standard InChI is InChI=1S/C21H17FN2O3S2/c1-3-27-20(26)17-12(2)23-21-24(18(17)14-4-6-15(22)7-5-14)19(25)16(29-21)10-13-8-9-28-11-13/h4-11,18H,3H2,1-2H3/b16-10+/t18-/m0/s1. The van der Waals surface area contributed by atoms with E-state index in [0.717, 1.165) is 5.56 Å². The Morgan fingerprint density at radius 2 is 2.07 bits per heavy atom. The van der Waals surface area contributed by atoms with E-state index >= 15 is 0 Å². The molecule has 29 heavy (non-hydrogen) atoms. The lowest BCUT2D eigenvalue weighted by Gasteiger charge is -2.24. The van der Waals surface area contributed by atoms with E-state index < -0.39 is 17.8 Å². The maximum atomic E-state index is 13.5. The van der Waals surface area contributed by atoms with Crippen molar-refractivity contribution in [2.24, 2.45) is 4.99 Å². The molecule has 8 heteroatoms. The van der Waals surface area contributed by atoms with Crippen molar-refractivity contribution in [2.75, 3.05) is 6.61 Å². The number of benzene rings is 1. The summed E-state index contributed by atoms with van der Waals surface area (Å²) in [7, 11) is 0. The van der Waals surface area contributed by atoms with E-state index in [9.17, 15) is 14.0 Å². The molecule has 5 nitrogen and oxygen atoms in total. The molecule has 3 aromatic rings. The maximum Gasteiger partial charge on any atom is 0.338 e. The van der Waals surface area contributed by atoms with Crippen LogP contribution in [0.3, 0.4) is 0 Å². The minimum Gasteiger partial charge on any atom is -0.463 e. The monoisotopic (exact) mass is 428 g/mol. The molecule has 0 N–H and O–H groups in total. The SMILES string of the molecule is CCOC(=O)C1=C(C)N=c2s/c(=C/c3ccsc3)c(=O)n2[C@H]1c1ccc(F)cc1. The zero-order valence-corrected chi connectivity index (χ0v) is 17.3. The van der Waals surface area contributed by atoms with Crippen LogP contribution in [-0.2, 0) is 9.53 Å². The quantitative estimate of drug-likeness (QED) is 0.601. The van der Waals surface area contributed by atoms with Crippen LogP contribution in [0, 0.1) is 5.82 Å². The average molecular weight is 429 g/mol. The Kier molecular flexibility index (Phi) is 5.29. The summed E-state index contributed by atoms with van der Waals surface area (Å²) in [5, 5.41) is 3.89. The highest BCUT2D eigenvalue weighted by Crippen LogP contribution is 2.30. The van der Waals surface area contributed by atoms with E-state index in [-0.39, 0.29) is 17.7 Å². The zero-order chi connectivity index (χ0) is 20.5. The second-order valence-corrected chi connectivity index (χ2v) is 8.20. The lowest BCUT2D eigenvalue weighted by molar-refractivity contribution is -0.139. The lowest BCUT2D eigenvalue weighted by atomic mass is 9.96. The molecule has 0 saturated carbocycles. The number of fused-ring (bicyclic) bond motifs is 1. The summed E-state index contributed by atoms with van der Waals surface area (Å²) in [6, 6.07) is 6.98. The third-order valence-electron chi connectivity index (χ3n) is 4.54. The van der Waals surface area contributed by atoms with Crippen LogP contribution in [0.15, 0.2) is 62.1 Å². The summed E-state index contributed by atoms with van der Waals surface area (Å²) in [4.78, 5) is 31.0. The molecule has 0 spiro atoms. The highest BCUT2D eigenvalue weighted by Gasteiger charge is 2.33. The Morgan fingerprint density at radius 1 is 1.31 bits per heavy atom. The predicted molar refractivity (Wildman–Crippen MR) is 111 cm³/mol. The maximum absolute atomic E-state index is 13.5. The minimum atomic E-state index is -0.726. The van der Waals surface area contributed by atoms with Gasteiger partial charge in [-0.05, 0) is 60.0 Å². The van der Waals surface area contributed by atoms with E-state index in [0.29, 0.717) is 20.6 Å². The zero-order valence-electron chi connectivity index (χ0n) is 15.7. The number of ether oxygens (including phenoxy) is 1. The Labute approximate surface area is 173 Å². The molecule has 0 saturated heterocycles. The van der Waals surface area contributed by atoms with Gasteiger partial charge in [-0.1, -0.05) is 23.5 Å². The smallest absolute Gasteiger partial charge is 0.338 e. The molecular weight excluding hydrogens is 411 g/mol. The van der Waals surface area contributed by atoms with Crippen molar-refractivity contribution in [1.82, 2.24) is 4.57 Å². The second-order valence-electron chi connectivity index (χ2n) is 6.41. The number of esters is 1. The van der Waals surface area contributed by atoms with Crippen LogP contribution in [0.2, 0.25) is 0 Å². The largest absolute Gasteiger partial charge is 0.463 e. The van der Waals surface area contributed by atoms with Crippen molar-refractivity contribution in [3.63, 3.8) is 0 Å². The number of nitrogens with zero attached hydrogens (tertiary/aromatic N) is 2. The Hall–Kier alpha value is -2.84. The normalized spacial score (nSPS) is 16.5. The molecule has 1 aliphatic heterocycles. The fourth-order valence-corrected chi connectivity index (χ4v) is 4.93. The molecule has 1 aliphatic rings. The van der Waals surface area contributed by atoms with Crippen molar-refractivity contribution in [2.45, 2.75) is 19.9 Å². The Balaban J connectivity index is 1.97. The van der Waals surface area contributed by atoms with Crippen molar-refractivity contribution < 1.29 is 13.9 Å². The van der Waals surface area contributed by atoms with Crippen LogP contribution in [-0.4, -0.2) is 17.1 Å². The number of allylic oxidation sites excluding steroid dienone is 1. The second kappa shape index (κ2) is 7.88. The van der Waals surface area contributed by atoms with Gasteiger partial charge in [-0.15, -0.1) is 0 Å². The van der Waals surface area contributed by atoms with Crippen molar-refractivity contribution in [3.05, 3.63) is 89.0 Å². The van der Waals surface area contributed by atoms with Gasteiger partial charge in [0.05, 0.1) is 28.5 Å². The molecule has 0 aliphatic carbocycles. The number of hydrogen-bond donors (Lipinski definition) is 0. The number of thiazole rings is 1. The third-order valence-corrected chi connectivity index (χ3v) is 6.23. The molecular formula is C21H17FN2O3S2. The van der Waals surface area contributed by atoms with Crippen LogP contribution in [0.1, 0.15) is 31.0 Å². The first kappa shape index (κ1) is 19.5. The summed E-state index contributed by atoms with van der Waals surface area (Å²) in [6.07, 6.45) is 1.81. The van der Waals surface area contributed by atoms with Crippen LogP contribution in [0.4, 0.5) is 4.39 Å². The number of aromatic nitrogens is 1. The molecule has 1 atom stereocenters. The molecule has 0 radical (unpaired) electrons. The fraction of sp³-hybridized carbons (Fsp3) is 0.190. The van der Waals surface area contributed by atoms with Crippen molar-refractivity contribution >= 4 is 34.7 Å². The van der Waals surface area contributed by atoms with E-state index in [2.05, 4.69) is 4.99 Å². The third kappa shape index (κ3) is 3.61. The molecule has 1 aromatic carbocycles. The van der Waals surface area contributed by atoms with E-state index in [1.54, 1.807) is 37.3 Å². The van der Waals surface area contributed by atoms with Gasteiger partial charge in [0.25, 0.3) is 5.56 Å². The van der Waals surface area contributed by atoms with E-state index in [4.69, 9.17) is 4.74 Å². The first-order valence-corrected chi connectivity index (χ1v) is 10.7. The van der Waals surface area contributed by atoms with Crippen LogP contribution in [0.5, 0.6) is 0 Å². The summed E-state index contributed by atoms with van der Waals surface area (Å²) in [5.74, 6) is -0.924. The molecule has 0 unspecified atom stereocenters. The average Bonchev–Trinajstić information content (AvgIpc) is 3.30. The lowest BCUT2D eigenvalue weighted by Crippen LogP contribution is -2.39. The number of carbonyl (C=O) groups excluding carboxylic acids is 1. The Morgan fingerprint density at radius 3 is 2.72 bits per heavy atom. The molecule has 0 fully saturated rings. The first-order chi connectivity index (χ1) is 14.0. The number of thiophene rings is 1. The van der Waals surface area contributed by atoms with Gasteiger partial charge in [0.15, 0.2) is 4.80 Å². The summed E-state index contributed by atoms with van der Waals surface area (Å²) in [5.41, 5.74) is 2.07. The summed E-state index contributed by atoms with van der Waals surface area (Å²) < 4.78 is 20.7. The van der Waals surface area contributed by atoms with E-state index in [1.165, 1.54) is 28.0 Å². The summed E-state index contributed by atoms with van der Waals surface area (Å²) >= 11 is 2.81. The Bertz CT molecular complexity index is 1270. The number of halogens is 1. The van der Waals surface area contributed by atoms with Gasteiger partial charge in [0, 0.05) is 0 Å². The number of carbonyl (C=O) groups is 1. The van der Waals surface area contributed by atoms with Crippen LogP contribution in [0.25, 0.3) is 6.08 Å². The minimum absolute atomic E-state index is 0.203. The predicted octanol–water partition coefficient (Wildman–Crippen LogP) is 3.00. The number of hydrogen-bond acceptors (Lipinski definition) is 6.